The highest BCUT2D eigenvalue weighted by atomic mass is 16.5. The van der Waals surface area contributed by atoms with Crippen LogP contribution in [0.15, 0.2) is 72.9 Å². The number of ether oxygens (including phenoxy) is 1. The zero-order valence-electron chi connectivity index (χ0n) is 16.8. The van der Waals surface area contributed by atoms with Crippen LogP contribution in [-0.4, -0.2) is 33.3 Å². The van der Waals surface area contributed by atoms with Gasteiger partial charge in [-0.1, -0.05) is 36.4 Å². The molecule has 1 saturated heterocycles. The Hall–Kier alpha value is -3.67. The number of urea groups is 1. The van der Waals surface area contributed by atoms with Crippen molar-refractivity contribution in [2.24, 2.45) is 0 Å². The van der Waals surface area contributed by atoms with Crippen molar-refractivity contribution in [3.05, 3.63) is 89.7 Å². The lowest BCUT2D eigenvalue weighted by molar-refractivity contribution is -0.131. The van der Waals surface area contributed by atoms with Gasteiger partial charge in [0.2, 0.25) is 5.91 Å². The summed E-state index contributed by atoms with van der Waals surface area (Å²) in [5.74, 6) is 1.28. The molecule has 30 heavy (non-hydrogen) atoms. The Morgan fingerprint density at radius 3 is 2.53 bits per heavy atom. The highest BCUT2D eigenvalue weighted by molar-refractivity contribution is 5.96. The Bertz CT molecular complexity index is 1050. The number of carbonyl (C=O) groups is 2. The standard InChI is InChI=1S/C24H23N3O3/c1-18-15-19(11-13-25-18)16-27-23(28)12-14-26(24(27)29)17-20-7-5-6-10-22(20)30-21-8-3-2-4-9-21/h2-11,13,15H,12,14,16-17H2,1H3. The van der Waals surface area contributed by atoms with Crippen LogP contribution in [-0.2, 0) is 17.9 Å². The number of para-hydroxylation sites is 2. The molecule has 1 aliphatic rings. The van der Waals surface area contributed by atoms with Crippen molar-refractivity contribution in [1.82, 2.24) is 14.8 Å². The van der Waals surface area contributed by atoms with E-state index in [9.17, 15) is 9.59 Å². The van der Waals surface area contributed by atoms with Gasteiger partial charge in [0.15, 0.2) is 0 Å². The molecule has 0 spiro atoms. The van der Waals surface area contributed by atoms with Crippen LogP contribution in [0.1, 0.15) is 23.2 Å². The second-order valence-electron chi connectivity index (χ2n) is 7.26. The van der Waals surface area contributed by atoms with Crippen molar-refractivity contribution in [2.45, 2.75) is 26.4 Å². The number of pyridine rings is 1. The number of hydrogen-bond acceptors (Lipinski definition) is 4. The van der Waals surface area contributed by atoms with E-state index in [0.29, 0.717) is 25.3 Å². The molecule has 1 aromatic heterocycles. The quantitative estimate of drug-likeness (QED) is 0.608. The number of benzene rings is 2. The lowest BCUT2D eigenvalue weighted by Crippen LogP contribution is -2.51. The summed E-state index contributed by atoms with van der Waals surface area (Å²) < 4.78 is 6.02. The molecule has 0 aliphatic carbocycles. The first-order valence-electron chi connectivity index (χ1n) is 9.92. The minimum Gasteiger partial charge on any atom is -0.457 e. The van der Waals surface area contributed by atoms with Gasteiger partial charge in [-0.2, -0.15) is 0 Å². The Morgan fingerprint density at radius 1 is 0.967 bits per heavy atom. The molecule has 4 rings (SSSR count). The summed E-state index contributed by atoms with van der Waals surface area (Å²) in [5.41, 5.74) is 2.64. The fourth-order valence-electron chi connectivity index (χ4n) is 3.48. The van der Waals surface area contributed by atoms with Crippen molar-refractivity contribution in [2.75, 3.05) is 6.54 Å². The van der Waals surface area contributed by atoms with Crippen LogP contribution in [0.4, 0.5) is 4.79 Å². The summed E-state index contributed by atoms with van der Waals surface area (Å²) in [6.07, 6.45) is 2.00. The first kappa shape index (κ1) is 19.6. The molecule has 0 atom stereocenters. The molecule has 0 saturated carbocycles. The highest BCUT2D eigenvalue weighted by Crippen LogP contribution is 2.27. The number of aryl methyl sites for hydroxylation is 1. The van der Waals surface area contributed by atoms with Gasteiger partial charge in [0.25, 0.3) is 0 Å². The third-order valence-corrected chi connectivity index (χ3v) is 5.00. The molecule has 0 bridgehead atoms. The molecule has 3 aromatic rings. The number of nitrogens with zero attached hydrogens (tertiary/aromatic N) is 3. The minimum atomic E-state index is -0.282. The van der Waals surface area contributed by atoms with Crippen LogP contribution < -0.4 is 4.74 Å². The van der Waals surface area contributed by atoms with Crippen molar-refractivity contribution in [3.63, 3.8) is 0 Å². The number of aromatic nitrogens is 1. The maximum atomic E-state index is 13.1. The molecule has 2 aromatic carbocycles. The molecule has 152 valence electrons. The van der Waals surface area contributed by atoms with Crippen molar-refractivity contribution in [1.29, 1.82) is 0 Å². The van der Waals surface area contributed by atoms with Crippen LogP contribution in [0.2, 0.25) is 0 Å². The molecule has 0 unspecified atom stereocenters. The normalized spacial score (nSPS) is 14.2. The minimum absolute atomic E-state index is 0.153. The van der Waals surface area contributed by atoms with Crippen LogP contribution in [0.25, 0.3) is 0 Å². The first-order chi connectivity index (χ1) is 14.6. The van der Waals surface area contributed by atoms with Crippen molar-refractivity contribution < 1.29 is 14.3 Å². The summed E-state index contributed by atoms with van der Waals surface area (Å²) in [4.78, 5) is 32.7. The second kappa shape index (κ2) is 8.78. The molecule has 2 heterocycles. The largest absolute Gasteiger partial charge is 0.457 e. The van der Waals surface area contributed by atoms with E-state index in [1.165, 1.54) is 4.90 Å². The van der Waals surface area contributed by atoms with Crippen LogP contribution in [0, 0.1) is 6.92 Å². The molecule has 0 radical (unpaired) electrons. The fraction of sp³-hybridized carbons (Fsp3) is 0.208. The zero-order chi connectivity index (χ0) is 20.9. The molecular formula is C24H23N3O3. The maximum absolute atomic E-state index is 13.1. The molecule has 1 fully saturated rings. The smallest absolute Gasteiger partial charge is 0.327 e. The number of rotatable bonds is 6. The predicted molar refractivity (Wildman–Crippen MR) is 113 cm³/mol. The second-order valence-corrected chi connectivity index (χ2v) is 7.26. The van der Waals surface area contributed by atoms with Gasteiger partial charge in [-0.05, 0) is 42.8 Å². The maximum Gasteiger partial charge on any atom is 0.327 e. The van der Waals surface area contributed by atoms with E-state index in [4.69, 9.17) is 4.74 Å². The molecule has 6 nitrogen and oxygen atoms in total. The van der Waals surface area contributed by atoms with Gasteiger partial charge in [-0.3, -0.25) is 14.7 Å². The van der Waals surface area contributed by atoms with E-state index < -0.39 is 0 Å². The number of carbonyl (C=O) groups excluding carboxylic acids is 2. The zero-order valence-corrected chi connectivity index (χ0v) is 16.8. The molecule has 6 heteroatoms. The lowest BCUT2D eigenvalue weighted by atomic mass is 10.1. The van der Waals surface area contributed by atoms with Crippen molar-refractivity contribution >= 4 is 11.9 Å². The fourth-order valence-corrected chi connectivity index (χ4v) is 3.48. The van der Waals surface area contributed by atoms with Crippen LogP contribution >= 0.6 is 0 Å². The van der Waals surface area contributed by atoms with Gasteiger partial charge in [-0.15, -0.1) is 0 Å². The lowest BCUT2D eigenvalue weighted by Gasteiger charge is -2.34. The van der Waals surface area contributed by atoms with Gasteiger partial charge in [0.05, 0.1) is 13.1 Å². The highest BCUT2D eigenvalue weighted by Gasteiger charge is 2.32. The van der Waals surface area contributed by atoms with E-state index in [0.717, 1.165) is 22.6 Å². The Balaban J connectivity index is 1.51. The van der Waals surface area contributed by atoms with Gasteiger partial charge in [0, 0.05) is 30.4 Å². The van der Waals surface area contributed by atoms with Crippen LogP contribution in [0.5, 0.6) is 11.5 Å². The summed E-state index contributed by atoms with van der Waals surface area (Å²) in [6, 6.07) is 20.6. The molecule has 0 N–H and O–H groups in total. The van der Waals surface area contributed by atoms with E-state index in [2.05, 4.69) is 4.98 Å². The Morgan fingerprint density at radius 2 is 1.73 bits per heavy atom. The molecule has 3 amide bonds. The van der Waals surface area contributed by atoms with E-state index in [1.807, 2.05) is 73.7 Å². The summed E-state index contributed by atoms with van der Waals surface area (Å²) in [6.45, 7) is 2.91. The SMILES string of the molecule is Cc1cc(CN2C(=O)CCN(Cc3ccccc3Oc3ccccc3)C2=O)ccn1. The van der Waals surface area contributed by atoms with Crippen LogP contribution in [0.3, 0.4) is 0 Å². The topological polar surface area (TPSA) is 62.7 Å². The first-order valence-corrected chi connectivity index (χ1v) is 9.92. The molecule has 1 aliphatic heterocycles. The molecular weight excluding hydrogens is 378 g/mol. The number of hydrogen-bond donors (Lipinski definition) is 0. The van der Waals surface area contributed by atoms with E-state index >= 15 is 0 Å². The monoisotopic (exact) mass is 401 g/mol. The average Bonchev–Trinajstić information content (AvgIpc) is 2.75. The van der Waals surface area contributed by atoms with Crippen molar-refractivity contribution in [3.8, 4) is 11.5 Å². The summed E-state index contributed by atoms with van der Waals surface area (Å²) in [5, 5.41) is 0. The van der Waals surface area contributed by atoms with Gasteiger partial charge >= 0.3 is 6.03 Å². The van der Waals surface area contributed by atoms with Gasteiger partial charge in [0.1, 0.15) is 11.5 Å². The summed E-state index contributed by atoms with van der Waals surface area (Å²) >= 11 is 0. The Kier molecular flexibility index (Phi) is 5.75. The Labute approximate surface area is 175 Å². The van der Waals surface area contributed by atoms with Gasteiger partial charge < -0.3 is 9.64 Å². The number of amides is 3. The number of imide groups is 1. The third kappa shape index (κ3) is 4.49. The summed E-state index contributed by atoms with van der Waals surface area (Å²) in [7, 11) is 0. The average molecular weight is 401 g/mol. The van der Waals surface area contributed by atoms with E-state index in [-0.39, 0.29) is 18.5 Å². The predicted octanol–water partition coefficient (Wildman–Crippen LogP) is 4.54. The van der Waals surface area contributed by atoms with E-state index in [1.54, 1.807) is 11.1 Å². The third-order valence-electron chi connectivity index (χ3n) is 5.00. The van der Waals surface area contributed by atoms with Gasteiger partial charge in [-0.25, -0.2) is 4.79 Å².